The molecule has 0 bridgehead atoms. The third-order valence-corrected chi connectivity index (χ3v) is 2.66. The first-order valence-corrected chi connectivity index (χ1v) is 5.50. The predicted octanol–water partition coefficient (Wildman–Crippen LogP) is 2.92. The average molecular weight is 218 g/mol. The molecule has 0 aliphatic carbocycles. The average Bonchev–Trinajstić information content (AvgIpc) is 2.02. The van der Waals surface area contributed by atoms with Crippen molar-refractivity contribution in [3.8, 4) is 0 Å². The summed E-state index contributed by atoms with van der Waals surface area (Å²) in [5.74, 6) is -0.412. The Balaban J connectivity index is 0. The van der Waals surface area contributed by atoms with Crippen molar-refractivity contribution >= 4 is 5.97 Å². The van der Waals surface area contributed by atoms with E-state index >= 15 is 0 Å². The third-order valence-electron chi connectivity index (χ3n) is 2.66. The Bertz CT molecular complexity index is 170. The van der Waals surface area contributed by atoms with E-state index in [1.807, 2.05) is 6.92 Å². The summed E-state index contributed by atoms with van der Waals surface area (Å²) in [4.78, 5) is 9.00. The van der Waals surface area contributed by atoms with Crippen molar-refractivity contribution in [2.45, 2.75) is 60.5 Å². The van der Waals surface area contributed by atoms with Crippen molar-refractivity contribution in [2.24, 2.45) is 11.3 Å². The molecule has 0 rings (SSSR count). The molecule has 3 heteroatoms. The van der Waals surface area contributed by atoms with E-state index in [-0.39, 0.29) is 6.10 Å². The molecule has 92 valence electrons. The lowest BCUT2D eigenvalue weighted by atomic mass is 9.80. The number of rotatable bonds is 4. The van der Waals surface area contributed by atoms with Crippen LogP contribution in [0.25, 0.3) is 0 Å². The molecule has 0 aromatic heterocycles. The zero-order valence-electron chi connectivity index (χ0n) is 10.9. The van der Waals surface area contributed by atoms with E-state index in [0.717, 1.165) is 13.3 Å². The highest BCUT2D eigenvalue weighted by molar-refractivity contribution is 5.62. The quantitative estimate of drug-likeness (QED) is 0.762. The number of carboxylic acids is 1. The number of aliphatic hydroxyl groups excluding tert-OH is 1. The molecule has 0 saturated carbocycles. The van der Waals surface area contributed by atoms with Crippen LogP contribution < -0.4 is 0 Å². The van der Waals surface area contributed by atoms with Crippen LogP contribution in [0.4, 0.5) is 0 Å². The normalized spacial score (nSPS) is 14.9. The van der Waals surface area contributed by atoms with Gasteiger partial charge in [0.15, 0.2) is 0 Å². The molecule has 0 spiro atoms. The topological polar surface area (TPSA) is 57.5 Å². The Morgan fingerprint density at radius 3 is 1.87 bits per heavy atom. The van der Waals surface area contributed by atoms with Gasteiger partial charge in [-0.25, -0.2) is 0 Å². The minimum Gasteiger partial charge on any atom is -0.481 e. The van der Waals surface area contributed by atoms with Crippen molar-refractivity contribution in [3.05, 3.63) is 0 Å². The summed E-state index contributed by atoms with van der Waals surface area (Å²) < 4.78 is 0. The maximum Gasteiger partial charge on any atom is 0.300 e. The van der Waals surface area contributed by atoms with Crippen LogP contribution in [0.15, 0.2) is 0 Å². The molecule has 2 unspecified atom stereocenters. The zero-order chi connectivity index (χ0) is 12.6. The van der Waals surface area contributed by atoms with Crippen LogP contribution >= 0.6 is 0 Å². The fraction of sp³-hybridized carbons (Fsp3) is 0.917. The lowest BCUT2D eigenvalue weighted by molar-refractivity contribution is -0.134. The van der Waals surface area contributed by atoms with Crippen molar-refractivity contribution in [1.29, 1.82) is 0 Å². The Morgan fingerprint density at radius 2 is 1.67 bits per heavy atom. The van der Waals surface area contributed by atoms with Gasteiger partial charge in [-0.1, -0.05) is 34.1 Å². The van der Waals surface area contributed by atoms with Crippen molar-refractivity contribution in [2.75, 3.05) is 0 Å². The molecule has 2 N–H and O–H groups in total. The first-order chi connectivity index (χ1) is 6.62. The summed E-state index contributed by atoms with van der Waals surface area (Å²) in [6.45, 7) is 11.8. The zero-order valence-corrected chi connectivity index (χ0v) is 10.9. The lowest BCUT2D eigenvalue weighted by Gasteiger charge is -2.27. The van der Waals surface area contributed by atoms with Gasteiger partial charge in [-0.2, -0.15) is 0 Å². The second-order valence-corrected chi connectivity index (χ2v) is 4.96. The molecule has 0 fully saturated rings. The molecule has 15 heavy (non-hydrogen) atoms. The van der Waals surface area contributed by atoms with Gasteiger partial charge in [-0.15, -0.1) is 0 Å². The van der Waals surface area contributed by atoms with E-state index in [4.69, 9.17) is 9.90 Å². The molecule has 3 nitrogen and oxygen atoms in total. The number of aliphatic hydroxyl groups is 1. The molecule has 0 amide bonds. The summed E-state index contributed by atoms with van der Waals surface area (Å²) in [7, 11) is 0. The molecule has 0 radical (unpaired) electrons. The van der Waals surface area contributed by atoms with E-state index in [1.165, 1.54) is 6.42 Å². The van der Waals surface area contributed by atoms with Gasteiger partial charge in [-0.05, 0) is 24.7 Å². The first-order valence-electron chi connectivity index (χ1n) is 5.50. The Morgan fingerprint density at radius 1 is 1.33 bits per heavy atom. The monoisotopic (exact) mass is 218 g/mol. The van der Waals surface area contributed by atoms with Gasteiger partial charge in [-0.3, -0.25) is 4.79 Å². The summed E-state index contributed by atoms with van der Waals surface area (Å²) in [5.41, 5.74) is 0.385. The number of carbonyl (C=O) groups is 1. The molecule has 0 aromatic carbocycles. The van der Waals surface area contributed by atoms with E-state index in [0.29, 0.717) is 11.3 Å². The molecular formula is C12H26O3. The molecule has 0 saturated heterocycles. The highest BCUT2D eigenvalue weighted by Crippen LogP contribution is 2.29. The van der Waals surface area contributed by atoms with Crippen LogP contribution in [-0.2, 0) is 4.79 Å². The van der Waals surface area contributed by atoms with Crippen molar-refractivity contribution in [3.63, 3.8) is 0 Å². The molecule has 0 aliphatic rings. The van der Waals surface area contributed by atoms with Gasteiger partial charge in [0.05, 0.1) is 6.10 Å². The SMILES string of the molecule is CC(=O)O.CCC(C)(C)CC(C)C(C)O. The Labute approximate surface area is 93.5 Å². The van der Waals surface area contributed by atoms with Crippen LogP contribution in [0.2, 0.25) is 0 Å². The van der Waals surface area contributed by atoms with Gasteiger partial charge in [0, 0.05) is 6.92 Å². The van der Waals surface area contributed by atoms with Crippen LogP contribution in [0.5, 0.6) is 0 Å². The number of hydrogen-bond acceptors (Lipinski definition) is 2. The van der Waals surface area contributed by atoms with Crippen LogP contribution in [0.1, 0.15) is 54.4 Å². The predicted molar refractivity (Wildman–Crippen MR) is 62.8 cm³/mol. The van der Waals surface area contributed by atoms with Crippen molar-refractivity contribution in [1.82, 2.24) is 0 Å². The fourth-order valence-corrected chi connectivity index (χ4v) is 1.19. The maximum atomic E-state index is 9.28. The molecule has 0 aromatic rings. The van der Waals surface area contributed by atoms with E-state index < -0.39 is 5.97 Å². The number of aliphatic carboxylic acids is 1. The lowest BCUT2D eigenvalue weighted by Crippen LogP contribution is -2.21. The van der Waals surface area contributed by atoms with Gasteiger partial charge >= 0.3 is 0 Å². The summed E-state index contributed by atoms with van der Waals surface area (Å²) >= 11 is 0. The van der Waals surface area contributed by atoms with E-state index in [9.17, 15) is 5.11 Å². The first kappa shape index (κ1) is 16.8. The van der Waals surface area contributed by atoms with Crippen LogP contribution in [0, 0.1) is 11.3 Å². The Hall–Kier alpha value is -0.570. The number of carboxylic acid groups (broad SMARTS) is 1. The van der Waals surface area contributed by atoms with Crippen LogP contribution in [-0.4, -0.2) is 22.3 Å². The smallest absolute Gasteiger partial charge is 0.300 e. The van der Waals surface area contributed by atoms with E-state index in [1.54, 1.807) is 0 Å². The summed E-state index contributed by atoms with van der Waals surface area (Å²) in [5, 5.41) is 16.7. The van der Waals surface area contributed by atoms with Crippen LogP contribution in [0.3, 0.4) is 0 Å². The molecule has 2 atom stereocenters. The van der Waals surface area contributed by atoms with Crippen molar-refractivity contribution < 1.29 is 15.0 Å². The minimum atomic E-state index is -0.833. The van der Waals surface area contributed by atoms with Gasteiger partial charge in [0.25, 0.3) is 5.97 Å². The maximum absolute atomic E-state index is 9.28. The van der Waals surface area contributed by atoms with Gasteiger partial charge < -0.3 is 10.2 Å². The third kappa shape index (κ3) is 13.4. The van der Waals surface area contributed by atoms with Gasteiger partial charge in [0.2, 0.25) is 0 Å². The fourth-order valence-electron chi connectivity index (χ4n) is 1.19. The van der Waals surface area contributed by atoms with E-state index in [2.05, 4.69) is 27.7 Å². The summed E-state index contributed by atoms with van der Waals surface area (Å²) in [6, 6.07) is 0. The highest BCUT2D eigenvalue weighted by Gasteiger charge is 2.21. The van der Waals surface area contributed by atoms with Gasteiger partial charge in [0.1, 0.15) is 0 Å². The second-order valence-electron chi connectivity index (χ2n) is 4.96. The molecule has 0 aliphatic heterocycles. The molecule has 0 heterocycles. The minimum absolute atomic E-state index is 0.166. The Kier molecular flexibility index (Phi) is 8.63. The number of hydrogen-bond donors (Lipinski definition) is 2. The largest absolute Gasteiger partial charge is 0.481 e. The highest BCUT2D eigenvalue weighted by atomic mass is 16.4. The second kappa shape index (κ2) is 7.69. The summed E-state index contributed by atoms with van der Waals surface area (Å²) in [6.07, 6.45) is 2.13. The standard InChI is InChI=1S/C10H22O.C2H4O2/c1-6-10(4,5)7-8(2)9(3)11;1-2(3)4/h8-9,11H,6-7H2,1-5H3;1H3,(H,3,4). The molecular weight excluding hydrogens is 192 g/mol.